The third-order valence-corrected chi connectivity index (χ3v) is 5.20. The quantitative estimate of drug-likeness (QED) is 0.904. The molecule has 2 N–H and O–H groups in total. The fraction of sp³-hybridized carbons (Fsp3) is 0.444. The van der Waals surface area contributed by atoms with E-state index in [0.29, 0.717) is 23.5 Å². The first-order chi connectivity index (χ1) is 12.2. The molecule has 0 radical (unpaired) electrons. The van der Waals surface area contributed by atoms with Gasteiger partial charge in [-0.05, 0) is 24.8 Å². The highest BCUT2D eigenvalue weighted by atomic mass is 16.2. The molecule has 2 aromatic heterocycles. The molecule has 3 aliphatic rings. The number of fused-ring (bicyclic) bond motifs is 4. The first kappa shape index (κ1) is 16.0. The van der Waals surface area contributed by atoms with E-state index in [2.05, 4.69) is 19.9 Å². The van der Waals surface area contributed by atoms with Crippen LogP contribution in [-0.2, 0) is 6.54 Å². The molecule has 7 nitrogen and oxygen atoms in total. The summed E-state index contributed by atoms with van der Waals surface area (Å²) in [7, 11) is 0. The van der Waals surface area contributed by atoms with Crippen LogP contribution in [0.15, 0.2) is 36.9 Å². The van der Waals surface area contributed by atoms with Gasteiger partial charge in [0.2, 0.25) is 0 Å². The molecule has 0 saturated carbocycles. The van der Waals surface area contributed by atoms with Gasteiger partial charge in [0, 0.05) is 56.4 Å². The highest BCUT2D eigenvalue weighted by molar-refractivity contribution is 5.92. The second-order valence-electron chi connectivity index (χ2n) is 6.88. The Morgan fingerprint density at radius 1 is 1.16 bits per heavy atom. The molecule has 2 atom stereocenters. The number of nitrogens with two attached hydrogens (primary N) is 1. The lowest BCUT2D eigenvalue weighted by Crippen LogP contribution is -2.44. The first-order valence-corrected chi connectivity index (χ1v) is 8.69. The SMILES string of the molecule is Nc1ncccc1CN1C[C@H]2CC[C@@H]1CN(C(=O)c1cnccn1)C2. The summed E-state index contributed by atoms with van der Waals surface area (Å²) in [5.41, 5.74) is 7.49. The minimum absolute atomic E-state index is 0.0206. The lowest BCUT2D eigenvalue weighted by molar-refractivity contribution is 0.0729. The molecule has 25 heavy (non-hydrogen) atoms. The van der Waals surface area contributed by atoms with Crippen molar-refractivity contribution >= 4 is 11.7 Å². The molecule has 5 rings (SSSR count). The fourth-order valence-electron chi connectivity index (χ4n) is 3.91. The largest absolute Gasteiger partial charge is 0.383 e. The predicted molar refractivity (Wildman–Crippen MR) is 93.5 cm³/mol. The van der Waals surface area contributed by atoms with Gasteiger partial charge in [0.1, 0.15) is 11.5 Å². The Morgan fingerprint density at radius 2 is 2.08 bits per heavy atom. The van der Waals surface area contributed by atoms with Gasteiger partial charge in [-0.3, -0.25) is 14.7 Å². The number of anilines is 1. The Hall–Kier alpha value is -2.54. The summed E-state index contributed by atoms with van der Waals surface area (Å²) in [4.78, 5) is 29.5. The van der Waals surface area contributed by atoms with Crippen LogP contribution in [0.2, 0.25) is 0 Å². The maximum absolute atomic E-state index is 12.8. The number of carbonyl (C=O) groups is 1. The first-order valence-electron chi connectivity index (χ1n) is 8.69. The van der Waals surface area contributed by atoms with Gasteiger partial charge in [-0.2, -0.15) is 0 Å². The van der Waals surface area contributed by atoms with Gasteiger partial charge in [0.05, 0.1) is 6.20 Å². The molecule has 2 aromatic rings. The molecule has 1 amide bonds. The molecule has 0 spiro atoms. The molecule has 5 heterocycles. The average molecular weight is 338 g/mol. The van der Waals surface area contributed by atoms with E-state index in [0.717, 1.165) is 44.6 Å². The van der Waals surface area contributed by atoms with Gasteiger partial charge >= 0.3 is 0 Å². The maximum atomic E-state index is 12.8. The highest BCUT2D eigenvalue weighted by Crippen LogP contribution is 2.30. The summed E-state index contributed by atoms with van der Waals surface area (Å²) in [6.07, 6.45) is 8.68. The van der Waals surface area contributed by atoms with Crippen LogP contribution in [0.1, 0.15) is 28.9 Å². The summed E-state index contributed by atoms with van der Waals surface area (Å²) < 4.78 is 0. The molecule has 130 valence electrons. The van der Waals surface area contributed by atoms with Crippen molar-refractivity contribution in [3.05, 3.63) is 48.2 Å². The van der Waals surface area contributed by atoms with Crippen LogP contribution in [0.4, 0.5) is 5.82 Å². The zero-order chi connectivity index (χ0) is 17.2. The number of rotatable bonds is 3. The number of carbonyl (C=O) groups excluding carboxylic acids is 1. The fourth-order valence-corrected chi connectivity index (χ4v) is 3.91. The number of pyridine rings is 1. The van der Waals surface area contributed by atoms with Crippen LogP contribution in [-0.4, -0.2) is 56.3 Å². The molecule has 3 aliphatic heterocycles. The number of aromatic nitrogens is 3. The number of nitrogen functional groups attached to an aromatic ring is 1. The second kappa shape index (κ2) is 6.76. The van der Waals surface area contributed by atoms with E-state index in [4.69, 9.17) is 5.73 Å². The van der Waals surface area contributed by atoms with Crippen molar-refractivity contribution in [3.8, 4) is 0 Å². The molecular weight excluding hydrogens is 316 g/mol. The van der Waals surface area contributed by atoms with Crippen LogP contribution >= 0.6 is 0 Å². The molecule has 2 bridgehead atoms. The van der Waals surface area contributed by atoms with Crippen LogP contribution in [0.25, 0.3) is 0 Å². The van der Waals surface area contributed by atoms with Gasteiger partial charge in [-0.15, -0.1) is 0 Å². The number of amides is 1. The van der Waals surface area contributed by atoms with Crippen molar-refractivity contribution in [2.24, 2.45) is 5.92 Å². The third-order valence-electron chi connectivity index (χ3n) is 5.20. The summed E-state index contributed by atoms with van der Waals surface area (Å²) in [5, 5.41) is 0. The predicted octanol–water partition coefficient (Wildman–Crippen LogP) is 1.19. The monoisotopic (exact) mass is 338 g/mol. The van der Waals surface area contributed by atoms with Crippen molar-refractivity contribution in [3.63, 3.8) is 0 Å². The Morgan fingerprint density at radius 3 is 2.88 bits per heavy atom. The van der Waals surface area contributed by atoms with Gasteiger partial charge in [0.15, 0.2) is 0 Å². The Bertz CT molecular complexity index is 752. The van der Waals surface area contributed by atoms with E-state index in [1.54, 1.807) is 24.8 Å². The minimum Gasteiger partial charge on any atom is -0.383 e. The van der Waals surface area contributed by atoms with Crippen LogP contribution in [0.5, 0.6) is 0 Å². The second-order valence-corrected chi connectivity index (χ2v) is 6.88. The van der Waals surface area contributed by atoms with Crippen molar-refractivity contribution in [1.82, 2.24) is 24.8 Å². The van der Waals surface area contributed by atoms with Crippen LogP contribution in [0.3, 0.4) is 0 Å². The van der Waals surface area contributed by atoms with Crippen molar-refractivity contribution in [2.75, 3.05) is 25.4 Å². The van der Waals surface area contributed by atoms with Gasteiger partial charge in [0.25, 0.3) is 5.91 Å². The smallest absolute Gasteiger partial charge is 0.274 e. The van der Waals surface area contributed by atoms with Crippen molar-refractivity contribution < 1.29 is 4.79 Å². The number of hydrogen-bond acceptors (Lipinski definition) is 6. The summed E-state index contributed by atoms with van der Waals surface area (Å²) >= 11 is 0. The average Bonchev–Trinajstić information content (AvgIpc) is 2.95. The molecule has 0 aromatic carbocycles. The molecular formula is C18H22N6O. The molecule has 0 aliphatic carbocycles. The van der Waals surface area contributed by atoms with Crippen molar-refractivity contribution in [2.45, 2.75) is 25.4 Å². The lowest BCUT2D eigenvalue weighted by Gasteiger charge is -2.36. The van der Waals surface area contributed by atoms with E-state index in [9.17, 15) is 4.79 Å². The molecule has 7 heteroatoms. The number of piperidine rings is 1. The summed E-state index contributed by atoms with van der Waals surface area (Å²) in [6.45, 7) is 3.29. The minimum atomic E-state index is -0.0206. The lowest BCUT2D eigenvalue weighted by atomic mass is 9.94. The van der Waals surface area contributed by atoms with Crippen molar-refractivity contribution in [1.29, 1.82) is 0 Å². The van der Waals surface area contributed by atoms with Gasteiger partial charge < -0.3 is 10.6 Å². The highest BCUT2D eigenvalue weighted by Gasteiger charge is 2.37. The molecule has 3 saturated heterocycles. The normalized spacial score (nSPS) is 23.4. The number of hydrogen-bond donors (Lipinski definition) is 1. The van der Waals surface area contributed by atoms with E-state index in [1.807, 2.05) is 17.0 Å². The molecule has 3 fully saturated rings. The molecule has 0 unspecified atom stereocenters. The number of nitrogens with zero attached hydrogens (tertiary/aromatic N) is 5. The zero-order valence-corrected chi connectivity index (χ0v) is 14.1. The Kier molecular flexibility index (Phi) is 4.31. The van der Waals surface area contributed by atoms with Gasteiger partial charge in [-0.1, -0.05) is 6.07 Å². The van der Waals surface area contributed by atoms with Crippen LogP contribution in [0, 0.1) is 5.92 Å². The van der Waals surface area contributed by atoms with E-state index < -0.39 is 0 Å². The standard InChI is InChI=1S/C18H22N6O/c19-17-14(2-1-5-22-17)11-23-9-13-3-4-15(23)12-24(10-13)18(25)16-8-20-6-7-21-16/h1-2,5-8,13,15H,3-4,9-12H2,(H2,19,22)/t13-,15-/m1/s1. The third kappa shape index (κ3) is 3.32. The van der Waals surface area contributed by atoms with E-state index in [-0.39, 0.29) is 5.91 Å². The summed E-state index contributed by atoms with van der Waals surface area (Å²) in [5.74, 6) is 1.06. The van der Waals surface area contributed by atoms with Gasteiger partial charge in [-0.25, -0.2) is 9.97 Å². The van der Waals surface area contributed by atoms with E-state index >= 15 is 0 Å². The maximum Gasteiger partial charge on any atom is 0.274 e. The van der Waals surface area contributed by atoms with Crippen LogP contribution < -0.4 is 5.73 Å². The summed E-state index contributed by atoms with van der Waals surface area (Å²) in [6, 6.07) is 4.30. The Balaban J connectivity index is 1.51. The zero-order valence-electron chi connectivity index (χ0n) is 14.1. The topological polar surface area (TPSA) is 88.2 Å². The van der Waals surface area contributed by atoms with E-state index in [1.165, 1.54) is 0 Å². The Labute approximate surface area is 146 Å².